The molecule has 1 N–H and O–H groups in total. The third kappa shape index (κ3) is 3.97. The molecule has 0 aliphatic heterocycles. The van der Waals surface area contributed by atoms with Crippen molar-refractivity contribution in [3.05, 3.63) is 53.1 Å². The molecule has 0 unspecified atom stereocenters. The van der Waals surface area contributed by atoms with E-state index >= 15 is 0 Å². The average molecular weight is 392 g/mol. The number of fused-ring (bicyclic) bond motifs is 1. The highest BCUT2D eigenvalue weighted by molar-refractivity contribution is 5.85. The SMILES string of the molecule is Cc1cc(/C=N\NC(=O)Cn2c(C)nc3ccccc32)c(C)n1C1CCCCC1. The summed E-state index contributed by atoms with van der Waals surface area (Å²) in [5, 5.41) is 4.22. The molecule has 1 fully saturated rings. The van der Waals surface area contributed by atoms with Gasteiger partial charge in [-0.1, -0.05) is 31.4 Å². The van der Waals surface area contributed by atoms with E-state index in [2.05, 4.69) is 40.0 Å². The van der Waals surface area contributed by atoms with Crippen LogP contribution >= 0.6 is 0 Å². The van der Waals surface area contributed by atoms with Crippen molar-refractivity contribution < 1.29 is 4.79 Å². The normalized spacial score (nSPS) is 15.4. The molecule has 2 heterocycles. The van der Waals surface area contributed by atoms with E-state index in [9.17, 15) is 4.79 Å². The number of hydrazone groups is 1. The van der Waals surface area contributed by atoms with Crippen molar-refractivity contribution in [2.24, 2.45) is 5.10 Å². The third-order valence-corrected chi connectivity index (χ3v) is 6.00. The first kappa shape index (κ1) is 19.4. The van der Waals surface area contributed by atoms with Crippen LogP contribution in [-0.4, -0.2) is 26.2 Å². The van der Waals surface area contributed by atoms with Crippen LogP contribution < -0.4 is 5.43 Å². The number of para-hydroxylation sites is 2. The van der Waals surface area contributed by atoms with Crippen molar-refractivity contribution in [2.45, 2.75) is 65.5 Å². The summed E-state index contributed by atoms with van der Waals surface area (Å²) < 4.78 is 4.36. The minimum absolute atomic E-state index is 0.159. The standard InChI is InChI=1S/C23H29N5O/c1-16-13-19(17(2)28(16)20-9-5-4-6-10-20)14-24-26-23(29)15-27-18(3)25-21-11-7-8-12-22(21)27/h7-8,11-14,20H,4-6,9-10,15H2,1-3H3,(H,26,29)/b24-14-. The van der Waals surface area contributed by atoms with Gasteiger partial charge in [0.25, 0.3) is 5.91 Å². The first-order valence-corrected chi connectivity index (χ1v) is 10.5. The van der Waals surface area contributed by atoms with Gasteiger partial charge >= 0.3 is 0 Å². The number of carbonyl (C=O) groups is 1. The Morgan fingerprint density at radius 2 is 1.97 bits per heavy atom. The number of hydrogen-bond acceptors (Lipinski definition) is 3. The molecule has 6 nitrogen and oxygen atoms in total. The number of nitrogens with zero attached hydrogens (tertiary/aromatic N) is 4. The summed E-state index contributed by atoms with van der Waals surface area (Å²) in [6, 6.07) is 10.6. The molecule has 3 aromatic rings. The largest absolute Gasteiger partial charge is 0.345 e. The lowest BCUT2D eigenvalue weighted by Gasteiger charge is -2.26. The van der Waals surface area contributed by atoms with Crippen LogP contribution in [-0.2, 0) is 11.3 Å². The number of imidazole rings is 1. The Morgan fingerprint density at radius 1 is 1.21 bits per heavy atom. The second-order valence-corrected chi connectivity index (χ2v) is 8.02. The number of aromatic nitrogens is 3. The number of aryl methyl sites for hydroxylation is 2. The second-order valence-electron chi connectivity index (χ2n) is 8.02. The van der Waals surface area contributed by atoms with Gasteiger partial charge in [-0.3, -0.25) is 4.79 Å². The molecule has 1 aliphatic carbocycles. The summed E-state index contributed by atoms with van der Waals surface area (Å²) in [4.78, 5) is 16.9. The summed E-state index contributed by atoms with van der Waals surface area (Å²) >= 11 is 0. The second kappa shape index (κ2) is 8.23. The first-order chi connectivity index (χ1) is 14.0. The Morgan fingerprint density at radius 3 is 2.76 bits per heavy atom. The molecule has 29 heavy (non-hydrogen) atoms. The van der Waals surface area contributed by atoms with Crippen LogP contribution in [0.15, 0.2) is 35.4 Å². The van der Waals surface area contributed by atoms with Crippen LogP contribution in [0.25, 0.3) is 11.0 Å². The van der Waals surface area contributed by atoms with Gasteiger partial charge in [-0.05, 0) is 51.8 Å². The minimum atomic E-state index is -0.159. The quantitative estimate of drug-likeness (QED) is 0.517. The zero-order valence-electron chi connectivity index (χ0n) is 17.5. The van der Waals surface area contributed by atoms with E-state index in [1.807, 2.05) is 35.8 Å². The topological polar surface area (TPSA) is 64.2 Å². The van der Waals surface area contributed by atoms with Crippen molar-refractivity contribution in [1.82, 2.24) is 19.5 Å². The molecule has 0 atom stereocenters. The van der Waals surface area contributed by atoms with Crippen LogP contribution in [0.4, 0.5) is 0 Å². The van der Waals surface area contributed by atoms with Crippen LogP contribution in [0.2, 0.25) is 0 Å². The van der Waals surface area contributed by atoms with Gasteiger partial charge < -0.3 is 9.13 Å². The van der Waals surface area contributed by atoms with E-state index in [4.69, 9.17) is 0 Å². The third-order valence-electron chi connectivity index (χ3n) is 6.00. The van der Waals surface area contributed by atoms with Gasteiger partial charge in [0, 0.05) is 23.0 Å². The Labute approximate surface area is 171 Å². The maximum absolute atomic E-state index is 12.4. The highest BCUT2D eigenvalue weighted by Gasteiger charge is 2.19. The Balaban J connectivity index is 1.43. The number of benzene rings is 1. The lowest BCUT2D eigenvalue weighted by molar-refractivity contribution is -0.121. The van der Waals surface area contributed by atoms with E-state index < -0.39 is 0 Å². The van der Waals surface area contributed by atoms with Gasteiger partial charge in [-0.2, -0.15) is 5.10 Å². The van der Waals surface area contributed by atoms with Gasteiger partial charge in [0.1, 0.15) is 12.4 Å². The first-order valence-electron chi connectivity index (χ1n) is 10.5. The molecule has 152 valence electrons. The molecular weight excluding hydrogens is 362 g/mol. The van der Waals surface area contributed by atoms with E-state index in [-0.39, 0.29) is 12.5 Å². The van der Waals surface area contributed by atoms with Gasteiger partial charge in [0.15, 0.2) is 0 Å². The van der Waals surface area contributed by atoms with Crippen molar-refractivity contribution in [1.29, 1.82) is 0 Å². The Hall–Kier alpha value is -2.89. The Kier molecular flexibility index (Phi) is 5.51. The molecular formula is C23H29N5O. The number of hydrogen-bond donors (Lipinski definition) is 1. The van der Waals surface area contributed by atoms with Crippen molar-refractivity contribution in [2.75, 3.05) is 0 Å². The monoisotopic (exact) mass is 391 g/mol. The fourth-order valence-corrected chi connectivity index (χ4v) is 4.58. The lowest BCUT2D eigenvalue weighted by atomic mass is 9.95. The van der Waals surface area contributed by atoms with Crippen molar-refractivity contribution in [3.8, 4) is 0 Å². The fraction of sp³-hybridized carbons (Fsp3) is 0.435. The average Bonchev–Trinajstić information content (AvgIpc) is 3.18. The van der Waals surface area contributed by atoms with E-state index in [0.717, 1.165) is 22.4 Å². The maximum Gasteiger partial charge on any atom is 0.260 e. The molecule has 0 spiro atoms. The molecule has 4 rings (SSSR count). The summed E-state index contributed by atoms with van der Waals surface area (Å²) in [6.45, 7) is 6.41. The predicted molar refractivity (Wildman–Crippen MR) is 116 cm³/mol. The molecule has 0 radical (unpaired) electrons. The van der Waals surface area contributed by atoms with E-state index in [1.165, 1.54) is 43.5 Å². The van der Waals surface area contributed by atoms with Crippen LogP contribution in [0.5, 0.6) is 0 Å². The molecule has 6 heteroatoms. The highest BCUT2D eigenvalue weighted by Crippen LogP contribution is 2.31. The van der Waals surface area contributed by atoms with Crippen LogP contribution in [0, 0.1) is 20.8 Å². The minimum Gasteiger partial charge on any atom is -0.345 e. The smallest absolute Gasteiger partial charge is 0.260 e. The lowest BCUT2D eigenvalue weighted by Crippen LogP contribution is -2.23. The van der Waals surface area contributed by atoms with Crippen molar-refractivity contribution in [3.63, 3.8) is 0 Å². The number of amides is 1. The number of nitrogens with one attached hydrogen (secondary N) is 1. The molecule has 0 bridgehead atoms. The summed E-state index contributed by atoms with van der Waals surface area (Å²) in [7, 11) is 0. The Bertz CT molecular complexity index is 1050. The van der Waals surface area contributed by atoms with E-state index in [1.54, 1.807) is 6.21 Å². The van der Waals surface area contributed by atoms with Crippen LogP contribution in [0.1, 0.15) is 60.9 Å². The number of carbonyl (C=O) groups excluding carboxylic acids is 1. The molecule has 1 aliphatic rings. The number of rotatable bonds is 5. The molecule has 1 saturated carbocycles. The molecule has 2 aromatic heterocycles. The summed E-state index contributed by atoms with van der Waals surface area (Å²) in [5.41, 5.74) is 8.09. The van der Waals surface area contributed by atoms with E-state index in [0.29, 0.717) is 6.04 Å². The molecule has 1 amide bonds. The summed E-state index contributed by atoms with van der Waals surface area (Å²) in [6.07, 6.45) is 8.23. The maximum atomic E-state index is 12.4. The molecule has 1 aromatic carbocycles. The molecule has 0 saturated heterocycles. The zero-order valence-corrected chi connectivity index (χ0v) is 17.5. The fourth-order valence-electron chi connectivity index (χ4n) is 4.58. The van der Waals surface area contributed by atoms with Gasteiger partial charge in [0.05, 0.1) is 17.2 Å². The van der Waals surface area contributed by atoms with Gasteiger partial charge in [0.2, 0.25) is 0 Å². The van der Waals surface area contributed by atoms with Gasteiger partial charge in [-0.15, -0.1) is 0 Å². The van der Waals surface area contributed by atoms with Gasteiger partial charge in [-0.25, -0.2) is 10.4 Å². The predicted octanol–water partition coefficient (Wildman–Crippen LogP) is 4.42. The van der Waals surface area contributed by atoms with Crippen molar-refractivity contribution >= 4 is 23.2 Å². The summed E-state index contributed by atoms with van der Waals surface area (Å²) in [5.74, 6) is 0.662. The highest BCUT2D eigenvalue weighted by atomic mass is 16.2. The zero-order chi connectivity index (χ0) is 20.4. The van der Waals surface area contributed by atoms with Crippen LogP contribution in [0.3, 0.4) is 0 Å².